The first-order valence-corrected chi connectivity index (χ1v) is 9.95. The third-order valence-electron chi connectivity index (χ3n) is 4.87. The zero-order chi connectivity index (χ0) is 17.3. The summed E-state index contributed by atoms with van der Waals surface area (Å²) in [5.74, 6) is -0.600. The number of aliphatic carboxylic acids is 1. The lowest BCUT2D eigenvalue weighted by molar-refractivity contribution is -0.143. The van der Waals surface area contributed by atoms with Crippen molar-refractivity contribution in [2.45, 2.75) is 104 Å². The van der Waals surface area contributed by atoms with E-state index in [0.717, 1.165) is 18.8 Å². The SMILES string of the molecule is CCCCCCCCCC(C)CCCCCCC(CO)C(=O)O. The smallest absolute Gasteiger partial charge is 0.308 e. The molecule has 23 heavy (non-hydrogen) atoms. The molecule has 138 valence electrons. The molecule has 0 fully saturated rings. The van der Waals surface area contributed by atoms with E-state index in [-0.39, 0.29) is 6.61 Å². The van der Waals surface area contributed by atoms with Gasteiger partial charge in [0, 0.05) is 0 Å². The summed E-state index contributed by atoms with van der Waals surface area (Å²) >= 11 is 0. The Balaban J connectivity index is 3.33. The number of rotatable bonds is 17. The molecule has 0 amide bonds. The molecule has 0 aliphatic carbocycles. The molecule has 0 aromatic rings. The second-order valence-electron chi connectivity index (χ2n) is 7.22. The Hall–Kier alpha value is -0.570. The van der Waals surface area contributed by atoms with Gasteiger partial charge in [-0.1, -0.05) is 97.3 Å². The summed E-state index contributed by atoms with van der Waals surface area (Å²) in [5.41, 5.74) is 0. The number of hydrogen-bond acceptors (Lipinski definition) is 2. The first-order chi connectivity index (χ1) is 11.1. The van der Waals surface area contributed by atoms with Gasteiger partial charge in [0.25, 0.3) is 0 Å². The van der Waals surface area contributed by atoms with Gasteiger partial charge < -0.3 is 10.2 Å². The maximum absolute atomic E-state index is 10.8. The number of unbranched alkanes of at least 4 members (excludes halogenated alkanes) is 9. The molecule has 3 heteroatoms. The summed E-state index contributed by atoms with van der Waals surface area (Å²) in [6.07, 6.45) is 17.5. The van der Waals surface area contributed by atoms with E-state index in [1.807, 2.05) is 0 Å². The summed E-state index contributed by atoms with van der Waals surface area (Å²) < 4.78 is 0. The van der Waals surface area contributed by atoms with Gasteiger partial charge in [0.05, 0.1) is 12.5 Å². The van der Waals surface area contributed by atoms with Crippen LogP contribution in [0.1, 0.15) is 104 Å². The van der Waals surface area contributed by atoms with Gasteiger partial charge in [0.15, 0.2) is 0 Å². The van der Waals surface area contributed by atoms with E-state index in [9.17, 15) is 4.79 Å². The molecule has 2 unspecified atom stereocenters. The monoisotopic (exact) mass is 328 g/mol. The molecule has 0 aromatic heterocycles. The molecule has 0 aliphatic heterocycles. The molecule has 2 atom stereocenters. The van der Waals surface area contributed by atoms with Gasteiger partial charge in [-0.25, -0.2) is 0 Å². The summed E-state index contributed by atoms with van der Waals surface area (Å²) in [5, 5.41) is 17.8. The summed E-state index contributed by atoms with van der Waals surface area (Å²) in [6.45, 7) is 4.40. The highest BCUT2D eigenvalue weighted by Crippen LogP contribution is 2.19. The lowest BCUT2D eigenvalue weighted by Gasteiger charge is -2.11. The Bertz CT molecular complexity index is 266. The zero-order valence-electron chi connectivity index (χ0n) is 15.6. The van der Waals surface area contributed by atoms with Crippen LogP contribution in [0, 0.1) is 11.8 Å². The van der Waals surface area contributed by atoms with Crippen LogP contribution >= 0.6 is 0 Å². The number of hydrogen-bond donors (Lipinski definition) is 2. The highest BCUT2D eigenvalue weighted by molar-refractivity contribution is 5.69. The Labute approximate surface area is 143 Å². The van der Waals surface area contributed by atoms with E-state index in [2.05, 4.69) is 13.8 Å². The Morgan fingerprint density at radius 2 is 1.22 bits per heavy atom. The molecule has 0 heterocycles. The number of aliphatic hydroxyl groups excluding tert-OH is 1. The molecule has 0 aromatic carbocycles. The van der Waals surface area contributed by atoms with Crippen LogP contribution in [-0.4, -0.2) is 22.8 Å². The minimum absolute atomic E-state index is 0.231. The quantitative estimate of drug-likeness (QED) is 0.332. The van der Waals surface area contributed by atoms with Crippen LogP contribution in [0.15, 0.2) is 0 Å². The first-order valence-electron chi connectivity index (χ1n) is 9.95. The molecule has 0 saturated heterocycles. The summed E-state index contributed by atoms with van der Waals surface area (Å²) in [6, 6.07) is 0. The van der Waals surface area contributed by atoms with Crippen LogP contribution in [0.2, 0.25) is 0 Å². The number of carboxylic acids is 1. The van der Waals surface area contributed by atoms with Crippen LogP contribution in [0.25, 0.3) is 0 Å². The maximum Gasteiger partial charge on any atom is 0.308 e. The van der Waals surface area contributed by atoms with Crippen LogP contribution in [-0.2, 0) is 4.79 Å². The third kappa shape index (κ3) is 14.7. The first kappa shape index (κ1) is 22.4. The lowest BCUT2D eigenvalue weighted by Crippen LogP contribution is -2.17. The molecule has 3 nitrogen and oxygen atoms in total. The van der Waals surface area contributed by atoms with Crippen molar-refractivity contribution in [3.63, 3.8) is 0 Å². The minimum atomic E-state index is -0.865. The maximum atomic E-state index is 10.8. The van der Waals surface area contributed by atoms with Gasteiger partial charge in [0.1, 0.15) is 0 Å². The van der Waals surface area contributed by atoms with E-state index >= 15 is 0 Å². The van der Waals surface area contributed by atoms with Gasteiger partial charge in [-0.05, 0) is 12.3 Å². The van der Waals surface area contributed by atoms with Crippen LogP contribution < -0.4 is 0 Å². The lowest BCUT2D eigenvalue weighted by atomic mass is 9.95. The molecule has 2 N–H and O–H groups in total. The highest BCUT2D eigenvalue weighted by atomic mass is 16.4. The third-order valence-corrected chi connectivity index (χ3v) is 4.87. The molecule has 0 radical (unpaired) electrons. The fraction of sp³-hybridized carbons (Fsp3) is 0.950. The fourth-order valence-corrected chi connectivity index (χ4v) is 3.12. The molecule has 0 saturated carbocycles. The fourth-order valence-electron chi connectivity index (χ4n) is 3.12. The molecule has 0 rings (SSSR count). The van der Waals surface area contributed by atoms with Crippen molar-refractivity contribution in [1.29, 1.82) is 0 Å². The largest absolute Gasteiger partial charge is 0.481 e. The van der Waals surface area contributed by atoms with E-state index in [1.54, 1.807) is 0 Å². The van der Waals surface area contributed by atoms with Gasteiger partial charge in [-0.3, -0.25) is 4.79 Å². The van der Waals surface area contributed by atoms with Gasteiger partial charge in [-0.2, -0.15) is 0 Å². The molecule has 0 bridgehead atoms. The highest BCUT2D eigenvalue weighted by Gasteiger charge is 2.14. The molecular formula is C20H40O3. The summed E-state index contributed by atoms with van der Waals surface area (Å²) in [7, 11) is 0. The molecular weight excluding hydrogens is 288 g/mol. The van der Waals surface area contributed by atoms with Crippen molar-refractivity contribution in [2.75, 3.05) is 6.61 Å². The van der Waals surface area contributed by atoms with E-state index in [0.29, 0.717) is 6.42 Å². The average molecular weight is 329 g/mol. The number of aliphatic hydroxyl groups is 1. The van der Waals surface area contributed by atoms with Crippen LogP contribution in [0.4, 0.5) is 0 Å². The number of carbonyl (C=O) groups is 1. The minimum Gasteiger partial charge on any atom is -0.481 e. The standard InChI is InChI=1S/C20H40O3/c1-3-4-5-6-7-8-11-14-18(2)15-12-9-10-13-16-19(17-21)20(22)23/h18-19,21H,3-17H2,1-2H3,(H,22,23). The number of carboxylic acid groups (broad SMARTS) is 1. The average Bonchev–Trinajstić information content (AvgIpc) is 2.53. The van der Waals surface area contributed by atoms with Crippen molar-refractivity contribution in [2.24, 2.45) is 11.8 Å². The Morgan fingerprint density at radius 1 is 0.783 bits per heavy atom. The predicted molar refractivity (Wildman–Crippen MR) is 97.7 cm³/mol. The van der Waals surface area contributed by atoms with Crippen molar-refractivity contribution < 1.29 is 15.0 Å². The topological polar surface area (TPSA) is 57.5 Å². The van der Waals surface area contributed by atoms with Gasteiger partial charge >= 0.3 is 5.97 Å². The Morgan fingerprint density at radius 3 is 1.65 bits per heavy atom. The van der Waals surface area contributed by atoms with E-state index in [4.69, 9.17) is 10.2 Å². The van der Waals surface area contributed by atoms with E-state index in [1.165, 1.54) is 70.6 Å². The van der Waals surface area contributed by atoms with Crippen molar-refractivity contribution in [1.82, 2.24) is 0 Å². The van der Waals surface area contributed by atoms with Gasteiger partial charge in [-0.15, -0.1) is 0 Å². The Kier molecular flexibility index (Phi) is 15.9. The summed E-state index contributed by atoms with van der Waals surface area (Å²) in [4.78, 5) is 10.8. The van der Waals surface area contributed by atoms with Crippen molar-refractivity contribution >= 4 is 5.97 Å². The van der Waals surface area contributed by atoms with Crippen molar-refractivity contribution in [3.05, 3.63) is 0 Å². The predicted octanol–water partition coefficient (Wildman–Crippen LogP) is 5.80. The zero-order valence-corrected chi connectivity index (χ0v) is 15.6. The van der Waals surface area contributed by atoms with Gasteiger partial charge in [0.2, 0.25) is 0 Å². The molecule has 0 aliphatic rings. The second-order valence-corrected chi connectivity index (χ2v) is 7.22. The van der Waals surface area contributed by atoms with Crippen LogP contribution in [0.3, 0.4) is 0 Å². The normalized spacial score (nSPS) is 13.9. The molecule has 0 spiro atoms. The van der Waals surface area contributed by atoms with E-state index < -0.39 is 11.9 Å². The van der Waals surface area contributed by atoms with Crippen LogP contribution in [0.5, 0.6) is 0 Å². The van der Waals surface area contributed by atoms with Crippen molar-refractivity contribution in [3.8, 4) is 0 Å². The second kappa shape index (κ2) is 16.3.